The number of carbonyl (C=O) groups is 1. The molecule has 11 heteroatoms. The predicted octanol–water partition coefficient (Wildman–Crippen LogP) is 7.40. The molecule has 0 aliphatic carbocycles. The van der Waals surface area contributed by atoms with Crippen LogP contribution in [0.5, 0.6) is 0 Å². The Morgan fingerprint density at radius 1 is 0.898 bits per heavy atom. The van der Waals surface area contributed by atoms with E-state index in [1.807, 2.05) is 89.4 Å². The zero-order chi connectivity index (χ0) is 34.8. The third kappa shape index (κ3) is 8.17. The highest BCUT2D eigenvalue weighted by atomic mass is 32.2. The Morgan fingerprint density at radius 2 is 1.53 bits per heavy atom. The number of fused-ring (bicyclic) bond motifs is 1. The largest absolute Gasteiger partial charge is 0.440 e. The van der Waals surface area contributed by atoms with E-state index in [4.69, 9.17) is 19.6 Å². The van der Waals surface area contributed by atoms with Crippen LogP contribution < -0.4 is 26.5 Å². The molecule has 1 amide bonds. The number of oxazole rings is 1. The number of thioether (sulfide) groups is 1. The van der Waals surface area contributed by atoms with Gasteiger partial charge in [-0.25, -0.2) is 9.78 Å². The second-order valence-corrected chi connectivity index (χ2v) is 15.2. The van der Waals surface area contributed by atoms with Gasteiger partial charge in [0.1, 0.15) is 16.9 Å². The summed E-state index contributed by atoms with van der Waals surface area (Å²) in [7, 11) is 7.85. The first-order valence-corrected chi connectivity index (χ1v) is 16.8. The monoisotopic (exact) mass is 687 g/mol. The first kappa shape index (κ1) is 37.2. The minimum absolute atomic E-state index is 0. The molecule has 0 saturated heterocycles. The molecule has 0 fully saturated rings. The number of nitrogens with zero attached hydrogens (tertiary/aromatic N) is 3. The second-order valence-electron chi connectivity index (χ2n) is 13.5. The molecule has 0 aliphatic heterocycles. The highest BCUT2D eigenvalue weighted by Crippen LogP contribution is 2.47. The van der Waals surface area contributed by atoms with E-state index in [2.05, 4.69) is 48.3 Å². The third-order valence-electron chi connectivity index (χ3n) is 8.53. The van der Waals surface area contributed by atoms with Crippen molar-refractivity contribution in [3.63, 3.8) is 0 Å². The van der Waals surface area contributed by atoms with Crippen molar-refractivity contribution in [2.45, 2.75) is 55.2 Å². The highest BCUT2D eigenvalue weighted by Gasteiger charge is 2.41. The minimum atomic E-state index is -0.900. The number of carbonyl (C=O) groups excluding carboxylic acids is 1. The molecule has 0 aliphatic rings. The van der Waals surface area contributed by atoms with Crippen molar-refractivity contribution in [2.24, 2.45) is 5.73 Å². The van der Waals surface area contributed by atoms with Crippen LogP contribution in [-0.2, 0) is 4.75 Å². The second kappa shape index (κ2) is 14.9. The number of nitrogens with two attached hydrogens (primary N) is 1. The summed E-state index contributed by atoms with van der Waals surface area (Å²) in [6, 6.07) is 25.3. The maximum absolute atomic E-state index is 13.8. The van der Waals surface area contributed by atoms with Crippen molar-refractivity contribution in [3.05, 3.63) is 106 Å². The number of halogens is 1. The SMILES string of the molecule is CN(C)c1ccc(SC(C)(C)c2nc(-c3ccccc3)oc2C(CCN)C(C)(C)NC(=O)c2cc3ccc(N(C)C)cc3oc2=O)cc1.F. The van der Waals surface area contributed by atoms with Gasteiger partial charge in [-0.15, -0.1) is 11.8 Å². The summed E-state index contributed by atoms with van der Waals surface area (Å²) >= 11 is 1.69. The molecule has 0 saturated carbocycles. The maximum atomic E-state index is 13.8. The Kier molecular flexibility index (Phi) is 11.3. The molecule has 1 unspecified atom stereocenters. The first-order chi connectivity index (χ1) is 22.7. The Balaban J connectivity index is 0.00000541. The molecule has 0 spiro atoms. The van der Waals surface area contributed by atoms with Crippen LogP contribution in [0.1, 0.15) is 61.8 Å². The van der Waals surface area contributed by atoms with Crippen molar-refractivity contribution in [2.75, 3.05) is 44.5 Å². The van der Waals surface area contributed by atoms with Crippen LogP contribution in [0.2, 0.25) is 0 Å². The Morgan fingerprint density at radius 3 is 2.14 bits per heavy atom. The van der Waals surface area contributed by atoms with Crippen LogP contribution in [0.4, 0.5) is 16.1 Å². The van der Waals surface area contributed by atoms with Crippen LogP contribution in [0.25, 0.3) is 22.4 Å². The van der Waals surface area contributed by atoms with Crippen LogP contribution in [0, 0.1) is 0 Å². The number of aromatic nitrogens is 1. The molecular formula is C38H46FN5O4S. The van der Waals surface area contributed by atoms with Crippen molar-refractivity contribution in [1.29, 1.82) is 0 Å². The summed E-state index contributed by atoms with van der Waals surface area (Å²) in [5, 5.41) is 3.78. The van der Waals surface area contributed by atoms with Gasteiger partial charge in [-0.3, -0.25) is 9.50 Å². The van der Waals surface area contributed by atoms with E-state index in [1.165, 1.54) is 0 Å². The lowest BCUT2D eigenvalue weighted by atomic mass is 9.80. The number of hydrogen-bond acceptors (Lipinski definition) is 9. The summed E-state index contributed by atoms with van der Waals surface area (Å²) < 4.78 is 11.7. The van der Waals surface area contributed by atoms with Crippen molar-refractivity contribution in [1.82, 2.24) is 10.3 Å². The van der Waals surface area contributed by atoms with E-state index in [0.29, 0.717) is 35.6 Å². The number of hydrogen-bond donors (Lipinski definition) is 2. The molecule has 5 aromatic rings. The van der Waals surface area contributed by atoms with Gasteiger partial charge in [0.15, 0.2) is 0 Å². The lowest BCUT2D eigenvalue weighted by Gasteiger charge is -2.35. The topological polar surface area (TPSA) is 118 Å². The van der Waals surface area contributed by atoms with E-state index in [0.717, 1.165) is 27.5 Å². The van der Waals surface area contributed by atoms with Gasteiger partial charge in [0.05, 0.1) is 10.4 Å². The number of rotatable bonds is 12. The summed E-state index contributed by atoms with van der Waals surface area (Å²) in [5.41, 5.74) is 8.58. The summed E-state index contributed by atoms with van der Waals surface area (Å²) in [6.07, 6.45) is 0.502. The van der Waals surface area contributed by atoms with Crippen molar-refractivity contribution >= 4 is 40.0 Å². The highest BCUT2D eigenvalue weighted by molar-refractivity contribution is 8.00. The Bertz CT molecular complexity index is 1950. The molecule has 49 heavy (non-hydrogen) atoms. The Labute approximate surface area is 291 Å². The van der Waals surface area contributed by atoms with Gasteiger partial charge in [0, 0.05) is 72.9 Å². The van der Waals surface area contributed by atoms with Gasteiger partial charge in [0.25, 0.3) is 5.91 Å². The number of nitrogens with one attached hydrogen (secondary N) is 1. The predicted molar refractivity (Wildman–Crippen MR) is 199 cm³/mol. The summed E-state index contributed by atoms with van der Waals surface area (Å²) in [4.78, 5) is 37.1. The van der Waals surface area contributed by atoms with E-state index >= 15 is 0 Å². The number of benzene rings is 3. The molecule has 0 radical (unpaired) electrons. The Hall–Kier alpha value is -4.61. The fourth-order valence-electron chi connectivity index (χ4n) is 5.83. The fourth-order valence-corrected chi connectivity index (χ4v) is 6.93. The van der Waals surface area contributed by atoms with E-state index < -0.39 is 21.8 Å². The first-order valence-electron chi connectivity index (χ1n) is 16.0. The van der Waals surface area contributed by atoms with Crippen LogP contribution in [0.15, 0.2) is 97.4 Å². The molecule has 2 aromatic heterocycles. The average molecular weight is 688 g/mol. The minimum Gasteiger partial charge on any atom is -0.440 e. The lowest BCUT2D eigenvalue weighted by Crippen LogP contribution is -2.49. The zero-order valence-electron chi connectivity index (χ0n) is 29.4. The quantitative estimate of drug-likeness (QED) is 0.102. The molecule has 3 N–H and O–H groups in total. The molecular weight excluding hydrogens is 642 g/mol. The van der Waals surface area contributed by atoms with Gasteiger partial charge >= 0.3 is 5.63 Å². The molecule has 5 rings (SSSR count). The van der Waals surface area contributed by atoms with E-state index in [9.17, 15) is 9.59 Å². The van der Waals surface area contributed by atoms with Gasteiger partial charge in [-0.2, -0.15) is 0 Å². The molecule has 0 bridgehead atoms. The van der Waals surface area contributed by atoms with Gasteiger partial charge in [-0.1, -0.05) is 18.2 Å². The zero-order valence-corrected chi connectivity index (χ0v) is 30.2. The number of amides is 1. The van der Waals surface area contributed by atoms with Crippen LogP contribution in [-0.4, -0.2) is 51.2 Å². The van der Waals surface area contributed by atoms with Crippen molar-refractivity contribution in [3.8, 4) is 11.5 Å². The average Bonchev–Trinajstić information content (AvgIpc) is 3.49. The van der Waals surface area contributed by atoms with Gasteiger partial charge in [-0.05, 0) is 95.3 Å². The fraction of sp³-hybridized carbons (Fsp3) is 0.342. The van der Waals surface area contributed by atoms with Crippen LogP contribution in [0.3, 0.4) is 0 Å². The molecule has 260 valence electrons. The summed E-state index contributed by atoms with van der Waals surface area (Å²) in [5.74, 6) is 0.230. The van der Waals surface area contributed by atoms with Gasteiger partial charge in [0.2, 0.25) is 5.89 Å². The van der Waals surface area contributed by atoms with Crippen LogP contribution >= 0.6 is 11.8 Å². The lowest BCUT2D eigenvalue weighted by molar-refractivity contribution is 0.0890. The summed E-state index contributed by atoms with van der Waals surface area (Å²) in [6.45, 7) is 8.44. The normalized spacial score (nSPS) is 12.3. The van der Waals surface area contributed by atoms with E-state index in [1.54, 1.807) is 23.9 Å². The maximum Gasteiger partial charge on any atom is 0.349 e. The van der Waals surface area contributed by atoms with Crippen molar-refractivity contribution < 1.29 is 18.3 Å². The third-order valence-corrected chi connectivity index (χ3v) is 9.74. The standard InChI is InChI=1S/C38H45N5O4S.FH/c1-37(2,41-34(44)29-22-25-14-15-27(43(7)8)23-31(25)46-36(29)45)30(20-21-39)32-33(40-35(47-32)24-12-10-9-11-13-24)38(3,4)48-28-18-16-26(17-19-28)42(5)6;/h9-19,22-23,30H,20-21,39H2,1-8H3,(H,41,44);1H. The molecule has 9 nitrogen and oxygen atoms in total. The number of anilines is 2. The molecule has 2 heterocycles. The smallest absolute Gasteiger partial charge is 0.349 e. The molecule has 1 atom stereocenters. The van der Waals surface area contributed by atoms with Gasteiger partial charge < -0.3 is 29.7 Å². The van der Waals surface area contributed by atoms with E-state index in [-0.39, 0.29) is 16.2 Å². The molecule has 3 aromatic carbocycles.